The van der Waals surface area contributed by atoms with Gasteiger partial charge in [-0.3, -0.25) is 0 Å². The first kappa shape index (κ1) is 15.8. The van der Waals surface area contributed by atoms with Crippen molar-refractivity contribution in [3.05, 3.63) is 42.4 Å². The van der Waals surface area contributed by atoms with Gasteiger partial charge in [0.2, 0.25) is 0 Å². The van der Waals surface area contributed by atoms with Crippen molar-refractivity contribution < 1.29 is 27.8 Å². The molecule has 1 aromatic carbocycles. The van der Waals surface area contributed by atoms with Crippen LogP contribution in [0.4, 0.5) is 13.2 Å². The number of aromatic amines is 1. The topological polar surface area (TPSA) is 88.1 Å². The molecule has 0 aliphatic heterocycles. The van der Waals surface area contributed by atoms with Crippen molar-refractivity contribution in [2.75, 3.05) is 6.61 Å². The summed E-state index contributed by atoms with van der Waals surface area (Å²) in [6.07, 6.45) is -1.92. The second-order valence-electron chi connectivity index (χ2n) is 4.89. The van der Waals surface area contributed by atoms with Crippen LogP contribution in [0, 0.1) is 0 Å². The normalized spacial score (nSPS) is 11.6. The third-order valence-corrected chi connectivity index (χ3v) is 3.21. The van der Waals surface area contributed by atoms with Crippen LogP contribution >= 0.6 is 0 Å². The highest BCUT2D eigenvalue weighted by Crippen LogP contribution is 2.30. The van der Waals surface area contributed by atoms with E-state index in [9.17, 15) is 23.1 Å². The standard InChI is InChI=1S/C15H10F3N3O3/c16-15(17,18)6-24-9-3-1-2-8(4-9)12-11-10(14(22)23)5-19-13(11)21-7-20-12/h1-5,7H,6H2,(H,22,23)(H,19,20,21). The van der Waals surface area contributed by atoms with E-state index in [-0.39, 0.29) is 22.4 Å². The monoisotopic (exact) mass is 337 g/mol. The molecule has 0 radical (unpaired) electrons. The predicted octanol–water partition coefficient (Wildman–Crippen LogP) is 3.26. The lowest BCUT2D eigenvalue weighted by molar-refractivity contribution is -0.153. The van der Waals surface area contributed by atoms with Gasteiger partial charge in [0.05, 0.1) is 16.6 Å². The number of rotatable bonds is 4. The molecule has 2 heterocycles. The number of aromatic carboxylic acids is 1. The van der Waals surface area contributed by atoms with Crippen molar-refractivity contribution in [2.24, 2.45) is 0 Å². The van der Waals surface area contributed by atoms with Gasteiger partial charge in [-0.2, -0.15) is 13.2 Å². The van der Waals surface area contributed by atoms with Crippen LogP contribution < -0.4 is 4.74 Å². The molecule has 0 unspecified atom stereocenters. The van der Waals surface area contributed by atoms with Crippen LogP contribution in [0.15, 0.2) is 36.8 Å². The first-order valence-electron chi connectivity index (χ1n) is 6.70. The van der Waals surface area contributed by atoms with Crippen molar-refractivity contribution in [3.63, 3.8) is 0 Å². The number of nitrogens with one attached hydrogen (secondary N) is 1. The van der Waals surface area contributed by atoms with E-state index >= 15 is 0 Å². The van der Waals surface area contributed by atoms with Gasteiger partial charge >= 0.3 is 12.1 Å². The van der Waals surface area contributed by atoms with Gasteiger partial charge in [0, 0.05) is 11.8 Å². The molecule has 0 aliphatic rings. The molecule has 124 valence electrons. The Kier molecular flexibility index (Phi) is 3.84. The molecule has 2 aromatic heterocycles. The first-order chi connectivity index (χ1) is 11.3. The Labute approximate surface area is 132 Å². The number of hydrogen-bond donors (Lipinski definition) is 2. The van der Waals surface area contributed by atoms with Crippen molar-refractivity contribution in [1.29, 1.82) is 0 Å². The third-order valence-electron chi connectivity index (χ3n) is 3.21. The number of ether oxygens (including phenoxy) is 1. The number of carbonyl (C=O) groups is 1. The van der Waals surface area contributed by atoms with Gasteiger partial charge < -0.3 is 14.8 Å². The number of nitrogens with zero attached hydrogens (tertiary/aromatic N) is 2. The van der Waals surface area contributed by atoms with Crippen LogP contribution in [-0.2, 0) is 0 Å². The number of benzene rings is 1. The maximum Gasteiger partial charge on any atom is 0.422 e. The minimum absolute atomic E-state index is 0.00370. The van der Waals surface area contributed by atoms with Crippen LogP contribution in [0.3, 0.4) is 0 Å². The number of hydrogen-bond acceptors (Lipinski definition) is 4. The number of carboxylic acid groups (broad SMARTS) is 1. The van der Waals surface area contributed by atoms with Crippen molar-refractivity contribution in [3.8, 4) is 17.0 Å². The van der Waals surface area contributed by atoms with Gasteiger partial charge in [0.15, 0.2) is 6.61 Å². The van der Waals surface area contributed by atoms with Crippen LogP contribution in [-0.4, -0.2) is 38.8 Å². The summed E-state index contributed by atoms with van der Waals surface area (Å²) in [5.74, 6) is -1.16. The lowest BCUT2D eigenvalue weighted by atomic mass is 10.1. The Balaban J connectivity index is 2.05. The number of H-pyrrole nitrogens is 1. The summed E-state index contributed by atoms with van der Waals surface area (Å²) in [4.78, 5) is 22.1. The summed E-state index contributed by atoms with van der Waals surface area (Å²) in [5.41, 5.74) is 1.00. The fourth-order valence-corrected chi connectivity index (χ4v) is 2.25. The highest BCUT2D eigenvalue weighted by Gasteiger charge is 2.28. The average molecular weight is 337 g/mol. The average Bonchev–Trinajstić information content (AvgIpc) is 2.97. The molecular formula is C15H10F3N3O3. The van der Waals surface area contributed by atoms with E-state index in [0.717, 1.165) is 0 Å². The van der Waals surface area contributed by atoms with Crippen LogP contribution in [0.1, 0.15) is 10.4 Å². The molecule has 2 N–H and O–H groups in total. The van der Waals surface area contributed by atoms with Crippen LogP contribution in [0.5, 0.6) is 5.75 Å². The van der Waals surface area contributed by atoms with Gasteiger partial charge in [-0.15, -0.1) is 0 Å². The number of halogens is 3. The van der Waals surface area contributed by atoms with Gasteiger partial charge in [-0.1, -0.05) is 12.1 Å². The molecule has 0 atom stereocenters. The highest BCUT2D eigenvalue weighted by atomic mass is 19.4. The fraction of sp³-hybridized carbons (Fsp3) is 0.133. The summed E-state index contributed by atoms with van der Waals surface area (Å²) in [7, 11) is 0. The SMILES string of the molecule is O=C(O)c1c[nH]c2ncnc(-c3cccc(OCC(F)(F)F)c3)c12. The smallest absolute Gasteiger partial charge is 0.422 e. The van der Waals surface area contributed by atoms with Crippen LogP contribution in [0.2, 0.25) is 0 Å². The molecule has 6 nitrogen and oxygen atoms in total. The lowest BCUT2D eigenvalue weighted by Crippen LogP contribution is -2.19. The number of carboxylic acids is 1. The van der Waals surface area contributed by atoms with Gasteiger partial charge in [0.25, 0.3) is 0 Å². The summed E-state index contributed by atoms with van der Waals surface area (Å²) >= 11 is 0. The molecule has 0 saturated carbocycles. The van der Waals surface area contributed by atoms with E-state index in [2.05, 4.69) is 15.0 Å². The Morgan fingerprint density at radius 3 is 2.79 bits per heavy atom. The molecule has 3 aromatic rings. The molecular weight excluding hydrogens is 327 g/mol. The van der Waals surface area contributed by atoms with Gasteiger partial charge in [-0.05, 0) is 12.1 Å². The fourth-order valence-electron chi connectivity index (χ4n) is 2.25. The van der Waals surface area contributed by atoms with E-state index in [0.29, 0.717) is 11.2 Å². The highest BCUT2D eigenvalue weighted by molar-refractivity contribution is 6.07. The third kappa shape index (κ3) is 3.14. The molecule has 0 saturated heterocycles. The van der Waals surface area contributed by atoms with Crippen molar-refractivity contribution in [1.82, 2.24) is 15.0 Å². The van der Waals surface area contributed by atoms with Crippen molar-refractivity contribution in [2.45, 2.75) is 6.18 Å². The zero-order valence-electron chi connectivity index (χ0n) is 12.0. The molecule has 3 rings (SSSR count). The summed E-state index contributed by atoms with van der Waals surface area (Å²) in [6, 6.07) is 5.85. The molecule has 0 aliphatic carbocycles. The summed E-state index contributed by atoms with van der Waals surface area (Å²) < 4.78 is 41.5. The van der Waals surface area contributed by atoms with E-state index in [1.807, 2.05) is 0 Å². The van der Waals surface area contributed by atoms with E-state index < -0.39 is 18.8 Å². The predicted molar refractivity (Wildman–Crippen MR) is 77.8 cm³/mol. The maximum absolute atomic E-state index is 12.3. The molecule has 0 bridgehead atoms. The number of fused-ring (bicyclic) bond motifs is 1. The molecule has 24 heavy (non-hydrogen) atoms. The maximum atomic E-state index is 12.3. The molecule has 0 amide bonds. The zero-order chi connectivity index (χ0) is 17.3. The summed E-state index contributed by atoms with van der Waals surface area (Å²) in [5, 5.41) is 9.52. The van der Waals surface area contributed by atoms with Gasteiger partial charge in [0.1, 0.15) is 17.7 Å². The lowest BCUT2D eigenvalue weighted by Gasteiger charge is -2.10. The Morgan fingerprint density at radius 2 is 2.08 bits per heavy atom. The number of aromatic nitrogens is 3. The molecule has 0 spiro atoms. The first-order valence-corrected chi connectivity index (χ1v) is 6.70. The minimum Gasteiger partial charge on any atom is -0.484 e. The molecule has 9 heteroatoms. The van der Waals surface area contributed by atoms with Crippen molar-refractivity contribution >= 4 is 17.0 Å². The Bertz CT molecular complexity index is 906. The van der Waals surface area contributed by atoms with E-state index in [4.69, 9.17) is 4.74 Å². The second-order valence-corrected chi connectivity index (χ2v) is 4.89. The Hall–Kier alpha value is -3.10. The van der Waals surface area contributed by atoms with Crippen LogP contribution in [0.25, 0.3) is 22.3 Å². The van der Waals surface area contributed by atoms with Gasteiger partial charge in [-0.25, -0.2) is 14.8 Å². The second kappa shape index (κ2) is 5.84. The Morgan fingerprint density at radius 1 is 1.29 bits per heavy atom. The number of alkyl halides is 3. The zero-order valence-corrected chi connectivity index (χ0v) is 12.0. The largest absolute Gasteiger partial charge is 0.484 e. The quantitative estimate of drug-likeness (QED) is 0.763. The minimum atomic E-state index is -4.45. The van der Waals surface area contributed by atoms with E-state index in [1.54, 1.807) is 6.07 Å². The summed E-state index contributed by atoms with van der Waals surface area (Å²) in [6.45, 7) is -1.42. The van der Waals surface area contributed by atoms with E-state index in [1.165, 1.54) is 30.7 Å². The molecule has 0 fully saturated rings.